The van der Waals surface area contributed by atoms with Gasteiger partial charge in [-0.05, 0) is 42.2 Å². The topological polar surface area (TPSA) is 46.6 Å². The van der Waals surface area contributed by atoms with Crippen LogP contribution in [0.1, 0.15) is 47.2 Å². The molecule has 0 radical (unpaired) electrons. The number of amides is 1. The van der Waals surface area contributed by atoms with Crippen molar-refractivity contribution in [3.63, 3.8) is 0 Å². The van der Waals surface area contributed by atoms with Gasteiger partial charge in [-0.1, -0.05) is 43.7 Å². The molecule has 0 aliphatic carbocycles. The van der Waals surface area contributed by atoms with E-state index in [1.165, 1.54) is 7.11 Å². The lowest BCUT2D eigenvalue weighted by Gasteiger charge is -2.24. The second kappa shape index (κ2) is 7.51. The van der Waals surface area contributed by atoms with Gasteiger partial charge in [0.05, 0.1) is 18.6 Å². The van der Waals surface area contributed by atoms with Gasteiger partial charge in [0, 0.05) is 12.2 Å². The van der Waals surface area contributed by atoms with E-state index >= 15 is 0 Å². The minimum atomic E-state index is -0.347. The van der Waals surface area contributed by atoms with Gasteiger partial charge < -0.3 is 9.64 Å². The number of carbonyl (C=O) groups excluding carboxylic acids is 2. The highest BCUT2D eigenvalue weighted by Crippen LogP contribution is 2.33. The summed E-state index contributed by atoms with van der Waals surface area (Å²) in [6.45, 7) is 2.76. The molecule has 1 aliphatic heterocycles. The third-order valence-corrected chi connectivity index (χ3v) is 4.74. The van der Waals surface area contributed by atoms with Crippen molar-refractivity contribution in [1.29, 1.82) is 0 Å². The summed E-state index contributed by atoms with van der Waals surface area (Å²) >= 11 is 0. The Labute approximate surface area is 148 Å². The van der Waals surface area contributed by atoms with Crippen LogP contribution < -0.4 is 4.90 Å². The fraction of sp³-hybridized carbons (Fsp3) is 0.333. The van der Waals surface area contributed by atoms with Crippen LogP contribution in [0.5, 0.6) is 0 Å². The molecule has 0 fully saturated rings. The number of anilines is 1. The molecule has 0 saturated heterocycles. The van der Waals surface area contributed by atoms with Crippen LogP contribution in [-0.4, -0.2) is 25.5 Å². The number of fused-ring (bicyclic) bond motifs is 1. The first-order valence-electron chi connectivity index (χ1n) is 8.73. The Morgan fingerprint density at radius 3 is 2.60 bits per heavy atom. The molecule has 0 spiro atoms. The molecule has 1 heterocycles. The molecule has 1 aliphatic rings. The zero-order valence-corrected chi connectivity index (χ0v) is 14.7. The molecule has 0 N–H and O–H groups in total. The van der Waals surface area contributed by atoms with Crippen molar-refractivity contribution < 1.29 is 14.3 Å². The number of rotatable bonds is 5. The van der Waals surface area contributed by atoms with Gasteiger partial charge in [0.15, 0.2) is 0 Å². The van der Waals surface area contributed by atoms with Crippen molar-refractivity contribution in [1.82, 2.24) is 0 Å². The minimum Gasteiger partial charge on any atom is -0.465 e. The summed E-state index contributed by atoms with van der Waals surface area (Å²) in [6, 6.07) is 15.4. The van der Waals surface area contributed by atoms with E-state index in [4.69, 9.17) is 4.74 Å². The maximum atomic E-state index is 13.2. The number of ether oxygens (including phenoxy) is 1. The van der Waals surface area contributed by atoms with Crippen LogP contribution in [0.3, 0.4) is 0 Å². The minimum absolute atomic E-state index is 0.127. The summed E-state index contributed by atoms with van der Waals surface area (Å²) in [6.07, 6.45) is 2.54. The predicted molar refractivity (Wildman–Crippen MR) is 97.9 cm³/mol. The second-order valence-electron chi connectivity index (χ2n) is 6.33. The first-order chi connectivity index (χ1) is 12.2. The predicted octanol–water partition coefficient (Wildman–Crippen LogP) is 3.95. The average Bonchev–Trinajstić information content (AvgIpc) is 3.08. The highest BCUT2D eigenvalue weighted by atomic mass is 16.5. The van der Waals surface area contributed by atoms with Crippen LogP contribution in [-0.2, 0) is 16.0 Å². The van der Waals surface area contributed by atoms with Crippen molar-refractivity contribution in [3.05, 3.63) is 65.2 Å². The number of hydrogen-bond donors (Lipinski definition) is 0. The number of nitrogens with zero attached hydrogens (tertiary/aromatic N) is 1. The summed E-state index contributed by atoms with van der Waals surface area (Å²) < 4.78 is 4.78. The largest absolute Gasteiger partial charge is 0.465 e. The second-order valence-corrected chi connectivity index (χ2v) is 6.33. The van der Waals surface area contributed by atoms with E-state index in [2.05, 4.69) is 6.92 Å². The molecule has 1 atom stereocenters. The van der Waals surface area contributed by atoms with Crippen molar-refractivity contribution in [2.45, 2.75) is 32.1 Å². The molecular formula is C21H23NO3. The molecular weight excluding hydrogens is 314 g/mol. The van der Waals surface area contributed by atoms with Gasteiger partial charge in [0.1, 0.15) is 0 Å². The fourth-order valence-corrected chi connectivity index (χ4v) is 3.47. The van der Waals surface area contributed by atoms with Crippen LogP contribution in [0.25, 0.3) is 0 Å². The van der Waals surface area contributed by atoms with Crippen LogP contribution >= 0.6 is 0 Å². The highest BCUT2D eigenvalue weighted by molar-refractivity contribution is 6.00. The average molecular weight is 337 g/mol. The maximum absolute atomic E-state index is 13.2. The normalized spacial score (nSPS) is 14.1. The third-order valence-electron chi connectivity index (χ3n) is 4.74. The van der Waals surface area contributed by atoms with E-state index in [-0.39, 0.29) is 17.8 Å². The van der Waals surface area contributed by atoms with E-state index in [0.29, 0.717) is 12.1 Å². The quantitative estimate of drug-likeness (QED) is 0.776. The highest BCUT2D eigenvalue weighted by Gasteiger charge is 2.31. The zero-order valence-electron chi connectivity index (χ0n) is 14.7. The SMILES string of the molecule is CCCC(C(=O)N1CCc2cc(C(=O)OC)ccc21)c1ccccc1. The van der Waals surface area contributed by atoms with Gasteiger partial charge in [0.2, 0.25) is 5.91 Å². The Morgan fingerprint density at radius 1 is 1.16 bits per heavy atom. The van der Waals surface area contributed by atoms with Crippen LogP contribution in [0, 0.1) is 0 Å². The Morgan fingerprint density at radius 2 is 1.92 bits per heavy atom. The van der Waals surface area contributed by atoms with Crippen molar-refractivity contribution >= 4 is 17.6 Å². The number of esters is 1. The van der Waals surface area contributed by atoms with Crippen LogP contribution in [0.15, 0.2) is 48.5 Å². The molecule has 1 amide bonds. The van der Waals surface area contributed by atoms with Crippen molar-refractivity contribution in [2.75, 3.05) is 18.6 Å². The van der Waals surface area contributed by atoms with E-state index in [1.54, 1.807) is 6.07 Å². The lowest BCUT2D eigenvalue weighted by molar-refractivity contribution is -0.120. The molecule has 0 bridgehead atoms. The Hall–Kier alpha value is -2.62. The first kappa shape index (κ1) is 17.2. The number of benzene rings is 2. The van der Waals surface area contributed by atoms with E-state index in [1.807, 2.05) is 47.4 Å². The summed E-state index contributed by atoms with van der Waals surface area (Å²) in [4.78, 5) is 26.8. The molecule has 4 nitrogen and oxygen atoms in total. The fourth-order valence-electron chi connectivity index (χ4n) is 3.47. The Bertz CT molecular complexity index is 770. The zero-order chi connectivity index (χ0) is 17.8. The molecule has 2 aromatic carbocycles. The number of carbonyl (C=O) groups is 2. The monoisotopic (exact) mass is 337 g/mol. The lowest BCUT2D eigenvalue weighted by Crippen LogP contribution is -2.33. The summed E-state index contributed by atoms with van der Waals surface area (Å²) in [5.74, 6) is -0.337. The summed E-state index contributed by atoms with van der Waals surface area (Å²) in [7, 11) is 1.38. The molecule has 130 valence electrons. The van der Waals surface area contributed by atoms with Crippen molar-refractivity contribution in [3.8, 4) is 0 Å². The molecule has 0 aromatic heterocycles. The summed E-state index contributed by atoms with van der Waals surface area (Å²) in [5, 5.41) is 0. The van der Waals surface area contributed by atoms with Gasteiger partial charge >= 0.3 is 5.97 Å². The van der Waals surface area contributed by atoms with E-state index < -0.39 is 0 Å². The molecule has 0 saturated carbocycles. The Balaban J connectivity index is 1.88. The Kier molecular flexibility index (Phi) is 5.17. The standard InChI is InChI=1S/C21H23NO3/c1-3-7-18(15-8-5-4-6-9-15)20(23)22-13-12-16-14-17(21(24)25-2)10-11-19(16)22/h4-6,8-11,14,18H,3,7,12-13H2,1-2H3. The molecule has 3 rings (SSSR count). The van der Waals surface area contributed by atoms with Gasteiger partial charge in [-0.25, -0.2) is 4.79 Å². The van der Waals surface area contributed by atoms with E-state index in [9.17, 15) is 9.59 Å². The van der Waals surface area contributed by atoms with Gasteiger partial charge in [-0.2, -0.15) is 0 Å². The molecule has 25 heavy (non-hydrogen) atoms. The lowest BCUT2D eigenvalue weighted by atomic mass is 9.93. The number of hydrogen-bond acceptors (Lipinski definition) is 3. The van der Waals surface area contributed by atoms with Gasteiger partial charge in [-0.15, -0.1) is 0 Å². The van der Waals surface area contributed by atoms with E-state index in [0.717, 1.165) is 36.1 Å². The van der Waals surface area contributed by atoms with Gasteiger partial charge in [-0.3, -0.25) is 4.79 Å². The van der Waals surface area contributed by atoms with Crippen molar-refractivity contribution in [2.24, 2.45) is 0 Å². The third kappa shape index (κ3) is 3.43. The molecule has 1 unspecified atom stereocenters. The van der Waals surface area contributed by atoms with Crippen LogP contribution in [0.4, 0.5) is 5.69 Å². The smallest absolute Gasteiger partial charge is 0.337 e. The molecule has 4 heteroatoms. The van der Waals surface area contributed by atoms with Gasteiger partial charge in [0.25, 0.3) is 0 Å². The molecule has 2 aromatic rings. The number of methoxy groups -OCH3 is 1. The summed E-state index contributed by atoms with van der Waals surface area (Å²) in [5.41, 5.74) is 3.53. The maximum Gasteiger partial charge on any atom is 0.337 e. The first-order valence-corrected chi connectivity index (χ1v) is 8.73. The van der Waals surface area contributed by atoms with Crippen LogP contribution in [0.2, 0.25) is 0 Å².